The summed E-state index contributed by atoms with van der Waals surface area (Å²) in [5.41, 5.74) is 0.776. The topological polar surface area (TPSA) is 29.1 Å². The van der Waals surface area contributed by atoms with Crippen molar-refractivity contribution >= 4 is 27.4 Å². The van der Waals surface area contributed by atoms with Gasteiger partial charge >= 0.3 is 0 Å². The highest BCUT2D eigenvalue weighted by atomic mass is 79.9. The second-order valence-electron chi connectivity index (χ2n) is 2.91. The molecule has 1 aromatic rings. The van der Waals surface area contributed by atoms with E-state index >= 15 is 0 Å². The Morgan fingerprint density at radius 3 is 3.00 bits per heavy atom. The molecule has 0 saturated carbocycles. The maximum absolute atomic E-state index is 13.3. The fourth-order valence-corrected chi connectivity index (χ4v) is 1.84. The van der Waals surface area contributed by atoms with Crippen molar-refractivity contribution in [1.29, 1.82) is 0 Å². The first-order valence-electron chi connectivity index (χ1n) is 3.94. The van der Waals surface area contributed by atoms with Crippen LogP contribution in [-0.4, -0.2) is 12.3 Å². The first-order chi connectivity index (χ1) is 6.18. The minimum Gasteiger partial charge on any atom is -0.382 e. The van der Waals surface area contributed by atoms with Crippen LogP contribution in [-0.2, 0) is 0 Å². The zero-order valence-corrected chi connectivity index (χ0v) is 8.32. The van der Waals surface area contributed by atoms with Crippen molar-refractivity contribution in [3.63, 3.8) is 0 Å². The Balaban J connectivity index is 2.63. The van der Waals surface area contributed by atoms with Crippen LogP contribution in [0.1, 0.15) is 16.8 Å². The van der Waals surface area contributed by atoms with Crippen molar-refractivity contribution in [1.82, 2.24) is 0 Å². The monoisotopic (exact) mass is 243 g/mol. The summed E-state index contributed by atoms with van der Waals surface area (Å²) in [6.45, 7) is 0.518. The van der Waals surface area contributed by atoms with Gasteiger partial charge in [-0.2, -0.15) is 0 Å². The van der Waals surface area contributed by atoms with Crippen molar-refractivity contribution in [2.45, 2.75) is 6.42 Å². The Morgan fingerprint density at radius 1 is 1.46 bits per heavy atom. The molecule has 0 unspecified atom stereocenters. The standard InChI is InChI=1S/C9H7BrFNO/c10-5-3-6-8(13)1-2-12-9(6)7(11)4-5/h3-4,12H,1-2H2. The molecule has 13 heavy (non-hydrogen) atoms. The molecule has 0 radical (unpaired) electrons. The Labute approximate surface area is 83.3 Å². The number of hydrogen-bond acceptors (Lipinski definition) is 2. The second kappa shape index (κ2) is 3.10. The number of rotatable bonds is 0. The van der Waals surface area contributed by atoms with Gasteiger partial charge in [-0.25, -0.2) is 4.39 Å². The number of nitrogens with one attached hydrogen (secondary N) is 1. The molecule has 0 spiro atoms. The van der Waals surface area contributed by atoms with Crippen LogP contribution in [0.2, 0.25) is 0 Å². The average Bonchev–Trinajstić information content (AvgIpc) is 2.07. The number of hydrogen-bond donors (Lipinski definition) is 1. The van der Waals surface area contributed by atoms with Gasteiger partial charge < -0.3 is 5.32 Å². The molecule has 0 atom stereocenters. The highest BCUT2D eigenvalue weighted by molar-refractivity contribution is 9.10. The summed E-state index contributed by atoms with van der Waals surface area (Å²) in [6, 6.07) is 3.00. The molecule has 68 valence electrons. The van der Waals surface area contributed by atoms with Gasteiger partial charge in [-0.3, -0.25) is 4.79 Å². The SMILES string of the molecule is O=C1CCNc2c(F)cc(Br)cc21. The summed E-state index contributed by atoms with van der Waals surface area (Å²) in [5.74, 6) is -0.383. The van der Waals surface area contributed by atoms with Crippen molar-refractivity contribution < 1.29 is 9.18 Å². The van der Waals surface area contributed by atoms with E-state index in [1.54, 1.807) is 6.07 Å². The maximum Gasteiger partial charge on any atom is 0.166 e. The normalized spacial score (nSPS) is 15.1. The first-order valence-corrected chi connectivity index (χ1v) is 4.74. The number of halogens is 2. The lowest BCUT2D eigenvalue weighted by Gasteiger charge is -2.17. The molecule has 0 fully saturated rings. The first kappa shape index (κ1) is 8.69. The fourth-order valence-electron chi connectivity index (χ4n) is 1.41. The van der Waals surface area contributed by atoms with Crippen molar-refractivity contribution in [3.8, 4) is 0 Å². The van der Waals surface area contributed by atoms with E-state index in [-0.39, 0.29) is 11.6 Å². The maximum atomic E-state index is 13.3. The number of ketones is 1. The number of anilines is 1. The predicted molar refractivity (Wildman–Crippen MR) is 51.5 cm³/mol. The zero-order valence-electron chi connectivity index (χ0n) is 6.73. The van der Waals surface area contributed by atoms with Crippen LogP contribution < -0.4 is 5.32 Å². The lowest BCUT2D eigenvalue weighted by molar-refractivity contribution is 0.0983. The van der Waals surface area contributed by atoms with Gasteiger partial charge in [-0.15, -0.1) is 0 Å². The predicted octanol–water partition coefficient (Wildman–Crippen LogP) is 2.59. The van der Waals surface area contributed by atoms with Crippen molar-refractivity contribution in [3.05, 3.63) is 28.0 Å². The lowest BCUT2D eigenvalue weighted by atomic mass is 10.0. The molecule has 0 bridgehead atoms. The van der Waals surface area contributed by atoms with E-state index in [9.17, 15) is 9.18 Å². The van der Waals surface area contributed by atoms with Gasteiger partial charge in [0.15, 0.2) is 5.78 Å². The van der Waals surface area contributed by atoms with Crippen LogP contribution in [0.5, 0.6) is 0 Å². The fraction of sp³-hybridized carbons (Fsp3) is 0.222. The molecular weight excluding hydrogens is 237 g/mol. The van der Waals surface area contributed by atoms with E-state index in [1.165, 1.54) is 6.07 Å². The second-order valence-corrected chi connectivity index (χ2v) is 3.83. The lowest BCUT2D eigenvalue weighted by Crippen LogP contribution is -2.19. The van der Waals surface area contributed by atoms with Gasteiger partial charge in [0, 0.05) is 23.0 Å². The van der Waals surface area contributed by atoms with Gasteiger partial charge in [0.25, 0.3) is 0 Å². The Kier molecular flexibility index (Phi) is 2.07. The van der Waals surface area contributed by atoms with Gasteiger partial charge in [0.05, 0.1) is 5.69 Å². The van der Waals surface area contributed by atoms with E-state index in [1.807, 2.05) is 0 Å². The summed E-state index contributed by atoms with van der Waals surface area (Å²) in [5, 5.41) is 2.87. The molecule has 0 saturated heterocycles. The number of Topliss-reactive ketones (excluding diaryl/α,β-unsaturated/α-hetero) is 1. The minimum absolute atomic E-state index is 0.00560. The molecular formula is C9H7BrFNO. The number of carbonyl (C=O) groups is 1. The molecule has 1 heterocycles. The number of benzene rings is 1. The molecule has 2 nitrogen and oxygen atoms in total. The summed E-state index contributed by atoms with van der Waals surface area (Å²) in [7, 11) is 0. The third-order valence-corrected chi connectivity index (χ3v) is 2.47. The average molecular weight is 244 g/mol. The molecule has 0 amide bonds. The van der Waals surface area contributed by atoms with E-state index < -0.39 is 0 Å². The third-order valence-electron chi connectivity index (χ3n) is 2.01. The van der Waals surface area contributed by atoms with Crippen LogP contribution in [0.25, 0.3) is 0 Å². The Bertz CT molecular complexity index is 378. The van der Waals surface area contributed by atoms with Gasteiger partial charge in [0.1, 0.15) is 5.82 Å². The van der Waals surface area contributed by atoms with E-state index in [2.05, 4.69) is 21.2 Å². The summed E-state index contributed by atoms with van der Waals surface area (Å²) in [6.07, 6.45) is 0.433. The van der Waals surface area contributed by atoms with Crippen molar-refractivity contribution in [2.24, 2.45) is 0 Å². The van der Waals surface area contributed by atoms with E-state index in [0.29, 0.717) is 28.7 Å². The molecule has 1 N–H and O–H groups in total. The smallest absolute Gasteiger partial charge is 0.166 e. The quantitative estimate of drug-likeness (QED) is 0.759. The summed E-state index contributed by atoms with van der Waals surface area (Å²) in [4.78, 5) is 11.4. The van der Waals surface area contributed by atoms with Gasteiger partial charge in [-0.1, -0.05) is 15.9 Å². The van der Waals surface area contributed by atoms with Gasteiger partial charge in [0.2, 0.25) is 0 Å². The Morgan fingerprint density at radius 2 is 2.23 bits per heavy atom. The molecule has 1 aliphatic heterocycles. The van der Waals surface area contributed by atoms with Crippen LogP contribution >= 0.6 is 15.9 Å². The zero-order chi connectivity index (χ0) is 9.42. The molecule has 0 aromatic heterocycles. The van der Waals surface area contributed by atoms with Crippen LogP contribution in [0.4, 0.5) is 10.1 Å². The minimum atomic E-state index is -0.377. The largest absolute Gasteiger partial charge is 0.382 e. The van der Waals surface area contributed by atoms with Crippen LogP contribution in [0, 0.1) is 5.82 Å². The summed E-state index contributed by atoms with van der Waals surface area (Å²) < 4.78 is 13.9. The van der Waals surface area contributed by atoms with E-state index in [0.717, 1.165) is 0 Å². The molecule has 1 aromatic carbocycles. The van der Waals surface area contributed by atoms with Gasteiger partial charge in [-0.05, 0) is 12.1 Å². The summed E-state index contributed by atoms with van der Waals surface area (Å²) >= 11 is 3.15. The molecule has 0 aliphatic carbocycles. The highest BCUT2D eigenvalue weighted by Crippen LogP contribution is 2.28. The number of fused-ring (bicyclic) bond motifs is 1. The molecule has 1 aliphatic rings. The molecule has 4 heteroatoms. The molecule has 2 rings (SSSR count). The van der Waals surface area contributed by atoms with Crippen LogP contribution in [0.15, 0.2) is 16.6 Å². The van der Waals surface area contributed by atoms with E-state index in [4.69, 9.17) is 0 Å². The third kappa shape index (κ3) is 1.46. The number of carbonyl (C=O) groups excluding carboxylic acids is 1. The van der Waals surface area contributed by atoms with Crippen LogP contribution in [0.3, 0.4) is 0 Å². The van der Waals surface area contributed by atoms with Crippen molar-refractivity contribution in [2.75, 3.05) is 11.9 Å². The Hall–Kier alpha value is -0.900. The highest BCUT2D eigenvalue weighted by Gasteiger charge is 2.20.